The number of amides is 1. The normalized spacial score (nSPS) is 10.5. The van der Waals surface area contributed by atoms with Gasteiger partial charge in [0.2, 0.25) is 0 Å². The lowest BCUT2D eigenvalue weighted by Gasteiger charge is -1.99. The van der Waals surface area contributed by atoms with E-state index in [1.165, 1.54) is 10.8 Å². The Bertz CT molecular complexity index is 572. The summed E-state index contributed by atoms with van der Waals surface area (Å²) in [5, 5.41) is 9.41. The molecule has 0 saturated heterocycles. The smallest absolute Gasteiger partial charge is 0.323 e. The molecule has 0 aliphatic carbocycles. The Hall–Kier alpha value is -2.30. The molecular weight excluding hydrogens is 208 g/mol. The van der Waals surface area contributed by atoms with Gasteiger partial charge in [-0.15, -0.1) is 0 Å². The van der Waals surface area contributed by atoms with Crippen molar-refractivity contribution in [3.8, 4) is 0 Å². The van der Waals surface area contributed by atoms with Crippen LogP contribution in [0.25, 0.3) is 10.9 Å². The molecule has 0 saturated carbocycles. The maximum atomic E-state index is 11.2. The molecule has 1 aromatic heterocycles. The van der Waals surface area contributed by atoms with Crippen molar-refractivity contribution in [3.05, 3.63) is 36.0 Å². The molecule has 3 N–H and O–H groups in total. The van der Waals surface area contributed by atoms with E-state index in [4.69, 9.17) is 10.8 Å². The fourth-order valence-corrected chi connectivity index (χ4v) is 1.72. The van der Waals surface area contributed by atoms with Gasteiger partial charge >= 0.3 is 5.97 Å². The number of primary amides is 1. The molecule has 1 heterocycles. The molecule has 5 nitrogen and oxygen atoms in total. The first-order valence-corrected chi connectivity index (χ1v) is 4.69. The lowest BCUT2D eigenvalue weighted by atomic mass is 10.2. The van der Waals surface area contributed by atoms with E-state index in [0.29, 0.717) is 16.5 Å². The lowest BCUT2D eigenvalue weighted by Crippen LogP contribution is -2.11. The summed E-state index contributed by atoms with van der Waals surface area (Å²) in [5.41, 5.74) is 6.26. The number of nitrogens with zero attached hydrogens (tertiary/aromatic N) is 1. The molecule has 2 rings (SSSR count). The van der Waals surface area contributed by atoms with Crippen LogP contribution in [0.2, 0.25) is 0 Å². The number of aliphatic carboxylic acids is 1. The van der Waals surface area contributed by atoms with Crippen LogP contribution in [-0.2, 0) is 11.3 Å². The molecule has 2 aromatic rings. The van der Waals surface area contributed by atoms with E-state index in [0.717, 1.165) is 0 Å². The zero-order valence-corrected chi connectivity index (χ0v) is 8.38. The van der Waals surface area contributed by atoms with Gasteiger partial charge in [0.25, 0.3) is 5.91 Å². The monoisotopic (exact) mass is 218 g/mol. The number of hydrogen-bond donors (Lipinski definition) is 2. The maximum absolute atomic E-state index is 11.2. The molecular formula is C11H10N2O3. The molecule has 0 unspecified atom stereocenters. The van der Waals surface area contributed by atoms with Gasteiger partial charge in [-0.2, -0.15) is 0 Å². The summed E-state index contributed by atoms with van der Waals surface area (Å²) in [6.07, 6.45) is 1.47. The second-order valence-electron chi connectivity index (χ2n) is 3.45. The van der Waals surface area contributed by atoms with Crippen molar-refractivity contribution in [2.45, 2.75) is 6.54 Å². The molecule has 1 aromatic carbocycles. The molecule has 0 radical (unpaired) electrons. The van der Waals surface area contributed by atoms with Gasteiger partial charge in [-0.05, 0) is 6.07 Å². The third-order valence-electron chi connectivity index (χ3n) is 2.36. The Labute approximate surface area is 91.1 Å². The second kappa shape index (κ2) is 3.69. The van der Waals surface area contributed by atoms with Crippen LogP contribution in [0.15, 0.2) is 30.5 Å². The van der Waals surface area contributed by atoms with Crippen molar-refractivity contribution in [2.75, 3.05) is 0 Å². The summed E-state index contributed by atoms with van der Waals surface area (Å²) >= 11 is 0. The number of fused-ring (bicyclic) bond motifs is 1. The quantitative estimate of drug-likeness (QED) is 0.799. The van der Waals surface area contributed by atoms with Crippen LogP contribution in [-0.4, -0.2) is 21.6 Å². The fraction of sp³-hybridized carbons (Fsp3) is 0.0909. The van der Waals surface area contributed by atoms with Crippen LogP contribution in [0.3, 0.4) is 0 Å². The van der Waals surface area contributed by atoms with E-state index in [2.05, 4.69) is 0 Å². The first-order chi connectivity index (χ1) is 7.59. The van der Waals surface area contributed by atoms with Crippen LogP contribution in [0.4, 0.5) is 0 Å². The molecule has 1 amide bonds. The topological polar surface area (TPSA) is 85.3 Å². The summed E-state index contributed by atoms with van der Waals surface area (Å²) in [7, 11) is 0. The van der Waals surface area contributed by atoms with Gasteiger partial charge in [-0.25, -0.2) is 0 Å². The average Bonchev–Trinajstić information content (AvgIpc) is 2.57. The number of carbonyl (C=O) groups excluding carboxylic acids is 1. The second-order valence-corrected chi connectivity index (χ2v) is 3.45. The number of carboxylic acids is 1. The highest BCUT2D eigenvalue weighted by atomic mass is 16.4. The highest BCUT2D eigenvalue weighted by molar-refractivity contribution is 6.06. The third-order valence-corrected chi connectivity index (χ3v) is 2.36. The van der Waals surface area contributed by atoms with E-state index in [9.17, 15) is 9.59 Å². The predicted molar refractivity (Wildman–Crippen MR) is 58.1 cm³/mol. The summed E-state index contributed by atoms with van der Waals surface area (Å²) in [5.74, 6) is -1.52. The number of carboxylic acid groups (broad SMARTS) is 1. The summed E-state index contributed by atoms with van der Waals surface area (Å²) < 4.78 is 1.50. The molecule has 0 spiro atoms. The van der Waals surface area contributed by atoms with E-state index in [-0.39, 0.29) is 6.54 Å². The molecule has 82 valence electrons. The number of para-hydroxylation sites is 1. The molecule has 16 heavy (non-hydrogen) atoms. The van der Waals surface area contributed by atoms with Crippen LogP contribution < -0.4 is 5.73 Å². The highest BCUT2D eigenvalue weighted by Crippen LogP contribution is 2.20. The Morgan fingerprint density at radius 2 is 2.00 bits per heavy atom. The lowest BCUT2D eigenvalue weighted by molar-refractivity contribution is -0.137. The zero-order valence-electron chi connectivity index (χ0n) is 8.38. The van der Waals surface area contributed by atoms with E-state index in [1.54, 1.807) is 24.3 Å². The molecule has 0 aliphatic heterocycles. The Morgan fingerprint density at radius 1 is 1.31 bits per heavy atom. The van der Waals surface area contributed by atoms with Gasteiger partial charge in [-0.3, -0.25) is 9.59 Å². The number of hydrogen-bond acceptors (Lipinski definition) is 2. The summed E-state index contributed by atoms with van der Waals surface area (Å²) in [4.78, 5) is 21.8. The van der Waals surface area contributed by atoms with Crippen molar-refractivity contribution in [3.63, 3.8) is 0 Å². The first kappa shape index (κ1) is 10.2. The molecule has 0 atom stereocenters. The van der Waals surface area contributed by atoms with Crippen molar-refractivity contribution in [1.82, 2.24) is 4.57 Å². The van der Waals surface area contributed by atoms with E-state index < -0.39 is 11.9 Å². The molecule has 0 bridgehead atoms. The van der Waals surface area contributed by atoms with Crippen molar-refractivity contribution in [1.29, 1.82) is 0 Å². The van der Waals surface area contributed by atoms with Crippen LogP contribution >= 0.6 is 0 Å². The van der Waals surface area contributed by atoms with Gasteiger partial charge < -0.3 is 15.4 Å². The largest absolute Gasteiger partial charge is 0.480 e. The number of benzene rings is 1. The Balaban J connectivity index is 2.66. The minimum Gasteiger partial charge on any atom is -0.480 e. The summed E-state index contributed by atoms with van der Waals surface area (Å²) in [6, 6.07) is 7.06. The molecule has 0 fully saturated rings. The zero-order chi connectivity index (χ0) is 11.7. The number of nitrogens with two attached hydrogens (primary N) is 1. The van der Waals surface area contributed by atoms with E-state index >= 15 is 0 Å². The fourth-order valence-electron chi connectivity index (χ4n) is 1.72. The van der Waals surface area contributed by atoms with Crippen molar-refractivity contribution >= 4 is 22.8 Å². The SMILES string of the molecule is NC(=O)c1cn(CC(=O)O)c2ccccc12. The maximum Gasteiger partial charge on any atom is 0.323 e. The average molecular weight is 218 g/mol. The highest BCUT2D eigenvalue weighted by Gasteiger charge is 2.13. The predicted octanol–water partition coefficient (Wildman–Crippen LogP) is 0.825. The minimum absolute atomic E-state index is 0.187. The standard InChI is InChI=1S/C11H10N2O3/c12-11(16)8-5-13(6-10(14)15)9-4-2-1-3-7(8)9/h1-5H,6H2,(H2,12,16)(H,14,15). The van der Waals surface area contributed by atoms with Gasteiger partial charge in [0.15, 0.2) is 0 Å². The number of rotatable bonds is 3. The number of carbonyl (C=O) groups is 2. The minimum atomic E-state index is -0.961. The third kappa shape index (κ3) is 1.63. The van der Waals surface area contributed by atoms with E-state index in [1.807, 2.05) is 0 Å². The van der Waals surface area contributed by atoms with Crippen LogP contribution in [0.1, 0.15) is 10.4 Å². The molecule has 0 aliphatic rings. The number of aromatic nitrogens is 1. The van der Waals surface area contributed by atoms with Crippen molar-refractivity contribution < 1.29 is 14.7 Å². The van der Waals surface area contributed by atoms with Crippen LogP contribution in [0, 0.1) is 0 Å². The first-order valence-electron chi connectivity index (χ1n) is 4.69. The Morgan fingerprint density at radius 3 is 2.62 bits per heavy atom. The van der Waals surface area contributed by atoms with Gasteiger partial charge in [-0.1, -0.05) is 18.2 Å². The molecule has 5 heteroatoms. The van der Waals surface area contributed by atoms with Gasteiger partial charge in [0.05, 0.1) is 5.56 Å². The van der Waals surface area contributed by atoms with Gasteiger partial charge in [0.1, 0.15) is 6.54 Å². The summed E-state index contributed by atoms with van der Waals surface area (Å²) in [6.45, 7) is -0.187. The van der Waals surface area contributed by atoms with Crippen molar-refractivity contribution in [2.24, 2.45) is 5.73 Å². The van der Waals surface area contributed by atoms with Crippen LogP contribution in [0.5, 0.6) is 0 Å². The van der Waals surface area contributed by atoms with Gasteiger partial charge in [0, 0.05) is 17.1 Å². The Kier molecular flexibility index (Phi) is 2.36.